The number of allylic oxidation sites excluding steroid dienone is 7. The number of nitrogens with zero attached hydrogens (tertiary/aromatic N) is 1. The highest BCUT2D eigenvalue weighted by Gasteiger charge is 1.99. The Morgan fingerprint density at radius 3 is 2.00 bits per heavy atom. The van der Waals surface area contributed by atoms with Crippen LogP contribution in [0.5, 0.6) is 0 Å². The summed E-state index contributed by atoms with van der Waals surface area (Å²) in [5, 5.41) is 0. The first-order chi connectivity index (χ1) is 8.23. The molecule has 17 heavy (non-hydrogen) atoms. The van der Waals surface area contributed by atoms with Crippen molar-refractivity contribution < 1.29 is 0 Å². The maximum atomic E-state index is 2.36. The van der Waals surface area contributed by atoms with Crippen molar-refractivity contribution in [1.29, 1.82) is 0 Å². The molecule has 1 heteroatoms. The fourth-order valence-electron chi connectivity index (χ4n) is 1.78. The van der Waals surface area contributed by atoms with E-state index in [2.05, 4.69) is 76.0 Å². The third-order valence-electron chi connectivity index (χ3n) is 2.82. The molecule has 0 amide bonds. The third-order valence-corrected chi connectivity index (χ3v) is 2.82. The number of hydrogen-bond acceptors (Lipinski definition) is 1. The zero-order valence-corrected chi connectivity index (χ0v) is 12.0. The molecule has 0 unspecified atom stereocenters. The predicted molar refractivity (Wildman–Crippen MR) is 79.0 cm³/mol. The molecule has 0 bridgehead atoms. The van der Waals surface area contributed by atoms with E-state index in [-0.39, 0.29) is 0 Å². The molecule has 0 radical (unpaired) electrons. The Morgan fingerprint density at radius 2 is 1.59 bits per heavy atom. The summed E-state index contributed by atoms with van der Waals surface area (Å²) in [7, 11) is 0. The van der Waals surface area contributed by atoms with Gasteiger partial charge < -0.3 is 4.90 Å². The summed E-state index contributed by atoms with van der Waals surface area (Å²) in [5.74, 6) is 0. The highest BCUT2D eigenvalue weighted by atomic mass is 15.1. The summed E-state index contributed by atoms with van der Waals surface area (Å²) in [4.78, 5) is 2.36. The number of rotatable bonds is 7. The topological polar surface area (TPSA) is 3.24 Å². The van der Waals surface area contributed by atoms with Gasteiger partial charge in [0.1, 0.15) is 0 Å². The van der Waals surface area contributed by atoms with Crippen molar-refractivity contribution >= 4 is 0 Å². The van der Waals surface area contributed by atoms with Crippen LogP contribution in [-0.2, 0) is 0 Å². The largest absolute Gasteiger partial charge is 0.372 e. The second-order valence-corrected chi connectivity index (χ2v) is 3.86. The fourth-order valence-corrected chi connectivity index (χ4v) is 1.78. The second kappa shape index (κ2) is 9.95. The molecular formula is C16H27N. The van der Waals surface area contributed by atoms with Crippen LogP contribution >= 0.6 is 0 Å². The molecule has 0 saturated heterocycles. The standard InChI is InChI=1S/C16H27N/c1-6-12-15(7-2)13-11-14-16(8-3)17(9-4)10-5/h6-8,11-12,14H,9-10,13H2,1-5H3/b12-6-,14-11-,15-7+,16-8+. The molecule has 0 aromatic rings. The highest BCUT2D eigenvalue weighted by Crippen LogP contribution is 2.09. The van der Waals surface area contributed by atoms with Crippen molar-refractivity contribution in [3.63, 3.8) is 0 Å². The second-order valence-electron chi connectivity index (χ2n) is 3.86. The van der Waals surface area contributed by atoms with E-state index in [1.807, 2.05) is 0 Å². The van der Waals surface area contributed by atoms with Crippen LogP contribution in [-0.4, -0.2) is 18.0 Å². The van der Waals surface area contributed by atoms with Crippen molar-refractivity contribution in [2.24, 2.45) is 0 Å². The summed E-state index contributed by atoms with van der Waals surface area (Å²) >= 11 is 0. The van der Waals surface area contributed by atoms with Gasteiger partial charge >= 0.3 is 0 Å². The van der Waals surface area contributed by atoms with Crippen LogP contribution in [0.1, 0.15) is 41.0 Å². The van der Waals surface area contributed by atoms with E-state index in [1.165, 1.54) is 11.3 Å². The Hall–Kier alpha value is -1.24. The molecular weight excluding hydrogens is 206 g/mol. The molecule has 0 saturated carbocycles. The van der Waals surface area contributed by atoms with Crippen LogP contribution in [0.4, 0.5) is 0 Å². The van der Waals surface area contributed by atoms with Crippen molar-refractivity contribution in [2.75, 3.05) is 13.1 Å². The maximum absolute atomic E-state index is 2.36. The maximum Gasteiger partial charge on any atom is 0.0319 e. The van der Waals surface area contributed by atoms with E-state index < -0.39 is 0 Å². The minimum atomic E-state index is 0.999. The first-order valence-electron chi connectivity index (χ1n) is 6.59. The van der Waals surface area contributed by atoms with Gasteiger partial charge in [-0.25, -0.2) is 0 Å². The van der Waals surface area contributed by atoms with Gasteiger partial charge in [0.05, 0.1) is 0 Å². The Balaban J connectivity index is 4.49. The van der Waals surface area contributed by atoms with Crippen LogP contribution < -0.4 is 0 Å². The first kappa shape index (κ1) is 15.8. The van der Waals surface area contributed by atoms with Crippen LogP contribution in [0.25, 0.3) is 0 Å². The molecule has 0 aliphatic carbocycles. The van der Waals surface area contributed by atoms with E-state index >= 15 is 0 Å². The van der Waals surface area contributed by atoms with Gasteiger partial charge in [0.2, 0.25) is 0 Å². The van der Waals surface area contributed by atoms with Gasteiger partial charge in [0, 0.05) is 18.8 Å². The van der Waals surface area contributed by atoms with E-state index in [0.29, 0.717) is 0 Å². The van der Waals surface area contributed by atoms with Crippen LogP contribution in [0, 0.1) is 0 Å². The Kier molecular flexibility index (Phi) is 9.22. The molecule has 0 fully saturated rings. The normalized spacial score (nSPS) is 13.9. The average molecular weight is 233 g/mol. The monoisotopic (exact) mass is 233 g/mol. The molecule has 1 nitrogen and oxygen atoms in total. The van der Waals surface area contributed by atoms with E-state index in [0.717, 1.165) is 19.5 Å². The fraction of sp³-hybridized carbons (Fsp3) is 0.500. The zero-order valence-electron chi connectivity index (χ0n) is 12.0. The first-order valence-corrected chi connectivity index (χ1v) is 6.59. The lowest BCUT2D eigenvalue weighted by Crippen LogP contribution is -2.20. The quantitative estimate of drug-likeness (QED) is 0.576. The molecule has 0 N–H and O–H groups in total. The minimum absolute atomic E-state index is 0.999. The molecule has 0 aromatic heterocycles. The molecule has 0 heterocycles. The van der Waals surface area contributed by atoms with Crippen molar-refractivity contribution in [3.05, 3.63) is 47.7 Å². The lowest BCUT2D eigenvalue weighted by atomic mass is 10.1. The smallest absolute Gasteiger partial charge is 0.0319 e. The van der Waals surface area contributed by atoms with Gasteiger partial charge in [-0.2, -0.15) is 0 Å². The average Bonchev–Trinajstić information content (AvgIpc) is 2.36. The summed E-state index contributed by atoms with van der Waals surface area (Å²) in [6.07, 6.45) is 14.1. The molecule has 0 aliphatic rings. The van der Waals surface area contributed by atoms with Gasteiger partial charge in [-0.3, -0.25) is 0 Å². The summed E-state index contributed by atoms with van der Waals surface area (Å²) < 4.78 is 0. The van der Waals surface area contributed by atoms with Crippen LogP contribution in [0.3, 0.4) is 0 Å². The lowest BCUT2D eigenvalue weighted by molar-refractivity contribution is 0.394. The number of hydrogen-bond donors (Lipinski definition) is 0. The highest BCUT2D eigenvalue weighted by molar-refractivity contribution is 5.24. The minimum Gasteiger partial charge on any atom is -0.372 e. The summed E-state index contributed by atoms with van der Waals surface area (Å²) in [6, 6.07) is 0. The summed E-state index contributed by atoms with van der Waals surface area (Å²) in [6.45, 7) is 12.7. The molecule has 0 aromatic carbocycles. The van der Waals surface area contributed by atoms with Gasteiger partial charge in [0.25, 0.3) is 0 Å². The van der Waals surface area contributed by atoms with Crippen molar-refractivity contribution in [1.82, 2.24) is 4.90 Å². The lowest BCUT2D eigenvalue weighted by Gasteiger charge is -2.21. The molecule has 0 spiro atoms. The van der Waals surface area contributed by atoms with Crippen LogP contribution in [0.2, 0.25) is 0 Å². The third kappa shape index (κ3) is 6.15. The molecule has 0 aliphatic heterocycles. The van der Waals surface area contributed by atoms with Gasteiger partial charge in [0.15, 0.2) is 0 Å². The SMILES string of the molecule is C/C=C\C(=C/C)C/C=C\C(=C/C)N(CC)CC. The van der Waals surface area contributed by atoms with Gasteiger partial charge in [-0.05, 0) is 52.7 Å². The van der Waals surface area contributed by atoms with Crippen molar-refractivity contribution in [3.8, 4) is 0 Å². The van der Waals surface area contributed by atoms with Gasteiger partial charge in [-0.15, -0.1) is 0 Å². The Labute approximate surface area is 107 Å². The van der Waals surface area contributed by atoms with E-state index in [1.54, 1.807) is 0 Å². The van der Waals surface area contributed by atoms with Gasteiger partial charge in [-0.1, -0.05) is 30.4 Å². The van der Waals surface area contributed by atoms with Crippen molar-refractivity contribution in [2.45, 2.75) is 41.0 Å². The van der Waals surface area contributed by atoms with E-state index in [9.17, 15) is 0 Å². The van der Waals surface area contributed by atoms with E-state index in [4.69, 9.17) is 0 Å². The molecule has 0 atom stereocenters. The Morgan fingerprint density at radius 1 is 0.941 bits per heavy atom. The summed E-state index contributed by atoms with van der Waals surface area (Å²) in [5.41, 5.74) is 2.67. The Bertz CT molecular complexity index is 301. The van der Waals surface area contributed by atoms with Crippen LogP contribution in [0.15, 0.2) is 47.7 Å². The zero-order chi connectivity index (χ0) is 13.1. The molecule has 96 valence electrons. The number of likely N-dealkylation sites (N-methyl/N-ethyl adjacent to an activating group) is 1. The molecule has 0 rings (SSSR count). The predicted octanol–water partition coefficient (Wildman–Crippen LogP) is 4.70.